The molecule has 28 heavy (non-hydrogen) atoms. The van der Waals surface area contributed by atoms with Crippen LogP contribution in [-0.4, -0.2) is 41.5 Å². The molecule has 5 nitrogen and oxygen atoms in total. The molecule has 1 fully saturated rings. The molecule has 1 aliphatic heterocycles. The summed E-state index contributed by atoms with van der Waals surface area (Å²) >= 11 is 0.989. The molecule has 1 saturated heterocycles. The van der Waals surface area contributed by atoms with Gasteiger partial charge in [-0.3, -0.25) is 9.89 Å². The van der Waals surface area contributed by atoms with Gasteiger partial charge in [0, 0.05) is 37.6 Å². The number of hydrogen-bond donors (Lipinski definition) is 2. The fraction of sp³-hybridized carbons (Fsp3) is 0.474. The molecular formula is C19H24F3N5S. The number of halogens is 3. The largest absolute Gasteiger partial charge is 0.434 e. The molecule has 0 bridgehead atoms. The van der Waals surface area contributed by atoms with E-state index in [4.69, 9.17) is 0 Å². The van der Waals surface area contributed by atoms with Crippen molar-refractivity contribution in [1.82, 2.24) is 20.5 Å². The van der Waals surface area contributed by atoms with Gasteiger partial charge in [0.25, 0.3) is 0 Å². The number of aliphatic imine (C=N–C) groups is 1. The Morgan fingerprint density at radius 1 is 1.32 bits per heavy atom. The normalized spacial score (nSPS) is 21.1. The highest BCUT2D eigenvalue weighted by Gasteiger charge is 2.33. The summed E-state index contributed by atoms with van der Waals surface area (Å²) in [7, 11) is 1.65. The fourth-order valence-corrected chi connectivity index (χ4v) is 4.05. The van der Waals surface area contributed by atoms with E-state index in [2.05, 4.69) is 44.6 Å². The Bertz CT molecular complexity index is 790. The first-order valence-electron chi connectivity index (χ1n) is 9.12. The molecule has 0 saturated carbocycles. The lowest BCUT2D eigenvalue weighted by molar-refractivity contribution is -0.140. The van der Waals surface area contributed by atoms with Gasteiger partial charge in [-0.1, -0.05) is 30.3 Å². The Balaban J connectivity index is 1.50. The summed E-state index contributed by atoms with van der Waals surface area (Å²) in [5, 5.41) is 7.84. The van der Waals surface area contributed by atoms with Crippen molar-refractivity contribution in [3.8, 4) is 0 Å². The smallest absolute Gasteiger partial charge is 0.352 e. The summed E-state index contributed by atoms with van der Waals surface area (Å²) in [4.78, 5) is 10.2. The van der Waals surface area contributed by atoms with Crippen molar-refractivity contribution in [2.45, 2.75) is 44.7 Å². The summed E-state index contributed by atoms with van der Waals surface area (Å²) < 4.78 is 37.9. The van der Waals surface area contributed by atoms with Crippen molar-refractivity contribution in [1.29, 1.82) is 0 Å². The molecule has 1 aromatic carbocycles. The minimum atomic E-state index is -4.41. The third-order valence-electron chi connectivity index (χ3n) is 4.75. The van der Waals surface area contributed by atoms with E-state index in [1.54, 1.807) is 7.05 Å². The van der Waals surface area contributed by atoms with Crippen LogP contribution in [0.25, 0.3) is 0 Å². The highest BCUT2D eigenvalue weighted by Crippen LogP contribution is 2.29. The van der Waals surface area contributed by atoms with Gasteiger partial charge in [-0.25, -0.2) is 4.98 Å². The molecule has 152 valence electrons. The quantitative estimate of drug-likeness (QED) is 0.584. The van der Waals surface area contributed by atoms with E-state index >= 15 is 0 Å². The lowest BCUT2D eigenvalue weighted by Crippen LogP contribution is -2.44. The first-order chi connectivity index (χ1) is 13.3. The van der Waals surface area contributed by atoms with Crippen LogP contribution in [0.5, 0.6) is 0 Å². The van der Waals surface area contributed by atoms with Crippen LogP contribution in [0, 0.1) is 0 Å². The minimum absolute atomic E-state index is 0.205. The van der Waals surface area contributed by atoms with Gasteiger partial charge in [-0.15, -0.1) is 11.3 Å². The zero-order valence-corrected chi connectivity index (χ0v) is 16.6. The van der Waals surface area contributed by atoms with E-state index in [1.807, 2.05) is 18.2 Å². The number of benzene rings is 1. The second-order valence-corrected chi connectivity index (χ2v) is 7.83. The van der Waals surface area contributed by atoms with Crippen molar-refractivity contribution in [3.63, 3.8) is 0 Å². The van der Waals surface area contributed by atoms with Gasteiger partial charge in [0.15, 0.2) is 11.7 Å². The lowest BCUT2D eigenvalue weighted by atomic mass is 10.2. The van der Waals surface area contributed by atoms with Crippen LogP contribution in [0.2, 0.25) is 0 Å². The van der Waals surface area contributed by atoms with Crippen LogP contribution in [-0.2, 0) is 19.3 Å². The Morgan fingerprint density at radius 2 is 2.07 bits per heavy atom. The van der Waals surface area contributed by atoms with Gasteiger partial charge in [0.2, 0.25) is 0 Å². The van der Waals surface area contributed by atoms with Gasteiger partial charge in [-0.2, -0.15) is 13.2 Å². The molecule has 2 heterocycles. The van der Waals surface area contributed by atoms with Crippen molar-refractivity contribution in [2.75, 3.05) is 13.6 Å². The number of hydrogen-bond acceptors (Lipinski definition) is 4. The number of thiazole rings is 1. The predicted octanol–water partition coefficient (Wildman–Crippen LogP) is 3.49. The molecule has 2 unspecified atom stereocenters. The Kier molecular flexibility index (Phi) is 6.56. The number of nitrogens with one attached hydrogen (secondary N) is 2. The summed E-state index contributed by atoms with van der Waals surface area (Å²) in [5.41, 5.74) is 0.431. The third-order valence-corrected chi connectivity index (χ3v) is 5.59. The van der Waals surface area contributed by atoms with E-state index in [1.165, 1.54) is 5.56 Å². The van der Waals surface area contributed by atoms with E-state index in [-0.39, 0.29) is 12.6 Å². The molecule has 0 spiro atoms. The Labute approximate surface area is 166 Å². The third kappa shape index (κ3) is 5.45. The summed E-state index contributed by atoms with van der Waals surface area (Å²) in [6.07, 6.45) is -3.43. The van der Waals surface area contributed by atoms with Crippen molar-refractivity contribution in [2.24, 2.45) is 4.99 Å². The molecular weight excluding hydrogens is 387 g/mol. The van der Waals surface area contributed by atoms with Crippen LogP contribution >= 0.6 is 11.3 Å². The Morgan fingerprint density at radius 3 is 2.71 bits per heavy atom. The number of rotatable bonds is 5. The van der Waals surface area contributed by atoms with Crippen LogP contribution in [0.1, 0.15) is 29.6 Å². The summed E-state index contributed by atoms with van der Waals surface area (Å²) in [6.45, 7) is 4.18. The molecule has 0 radical (unpaired) electrons. The van der Waals surface area contributed by atoms with E-state index < -0.39 is 11.9 Å². The number of likely N-dealkylation sites (tertiary alicyclic amines) is 1. The average Bonchev–Trinajstić information content (AvgIpc) is 3.26. The van der Waals surface area contributed by atoms with E-state index in [0.717, 1.165) is 36.2 Å². The highest BCUT2D eigenvalue weighted by atomic mass is 32.1. The number of nitrogens with zero attached hydrogens (tertiary/aromatic N) is 3. The Hall–Kier alpha value is -2.13. The molecule has 3 rings (SSSR count). The number of alkyl halides is 3. The van der Waals surface area contributed by atoms with Crippen molar-refractivity contribution in [3.05, 3.63) is 52.0 Å². The van der Waals surface area contributed by atoms with Crippen LogP contribution in [0.4, 0.5) is 13.2 Å². The second kappa shape index (κ2) is 8.91. The van der Waals surface area contributed by atoms with Crippen LogP contribution < -0.4 is 10.6 Å². The molecule has 0 amide bonds. The number of guanidine groups is 1. The molecule has 1 aliphatic rings. The summed E-state index contributed by atoms with van der Waals surface area (Å²) in [6, 6.07) is 11.0. The minimum Gasteiger partial charge on any atom is -0.352 e. The standard InChI is InChI=1S/C19H24F3N5S/c1-13-8-15(11-27(13)10-14-6-4-3-5-7-14)25-18(23-2)24-9-17-26-16(12-28-17)19(20,21)22/h3-7,12-13,15H,8-11H2,1-2H3,(H2,23,24,25). The van der Waals surface area contributed by atoms with Gasteiger partial charge in [-0.05, 0) is 18.9 Å². The van der Waals surface area contributed by atoms with Gasteiger partial charge in [0.1, 0.15) is 5.01 Å². The second-order valence-electron chi connectivity index (χ2n) is 6.89. The first kappa shape index (κ1) is 20.6. The lowest BCUT2D eigenvalue weighted by Gasteiger charge is -2.21. The monoisotopic (exact) mass is 411 g/mol. The predicted molar refractivity (Wildman–Crippen MR) is 105 cm³/mol. The molecule has 2 atom stereocenters. The zero-order valence-electron chi connectivity index (χ0n) is 15.8. The topological polar surface area (TPSA) is 52.6 Å². The average molecular weight is 411 g/mol. The van der Waals surface area contributed by atoms with Crippen molar-refractivity contribution >= 4 is 17.3 Å². The number of aromatic nitrogens is 1. The molecule has 2 N–H and O–H groups in total. The maximum Gasteiger partial charge on any atom is 0.434 e. The molecule has 2 aromatic rings. The molecule has 9 heteroatoms. The summed E-state index contributed by atoms with van der Waals surface area (Å²) in [5.74, 6) is 0.572. The fourth-order valence-electron chi connectivity index (χ4n) is 3.31. The zero-order chi connectivity index (χ0) is 20.1. The van der Waals surface area contributed by atoms with E-state index in [9.17, 15) is 13.2 Å². The highest BCUT2D eigenvalue weighted by molar-refractivity contribution is 7.09. The van der Waals surface area contributed by atoms with Gasteiger partial charge in [0.05, 0.1) is 6.54 Å². The van der Waals surface area contributed by atoms with Crippen LogP contribution in [0.15, 0.2) is 40.7 Å². The molecule has 1 aromatic heterocycles. The van der Waals surface area contributed by atoms with E-state index in [0.29, 0.717) is 17.0 Å². The van der Waals surface area contributed by atoms with Gasteiger partial charge >= 0.3 is 6.18 Å². The maximum absolute atomic E-state index is 12.6. The van der Waals surface area contributed by atoms with Crippen molar-refractivity contribution < 1.29 is 13.2 Å². The molecule has 0 aliphatic carbocycles. The maximum atomic E-state index is 12.6. The first-order valence-corrected chi connectivity index (χ1v) is 10.00. The van der Waals surface area contributed by atoms with Crippen LogP contribution in [0.3, 0.4) is 0 Å². The van der Waals surface area contributed by atoms with Gasteiger partial charge < -0.3 is 10.6 Å². The SMILES string of the molecule is CN=C(NCc1nc(C(F)(F)F)cs1)NC1CC(C)N(Cc2ccccc2)C1.